The molecule has 2 atom stereocenters. The van der Waals surface area contributed by atoms with Gasteiger partial charge in [0.05, 0.1) is 6.54 Å². The highest BCUT2D eigenvalue weighted by atomic mass is 16.5. The van der Waals surface area contributed by atoms with Gasteiger partial charge in [-0.25, -0.2) is 0 Å². The summed E-state index contributed by atoms with van der Waals surface area (Å²) in [6.45, 7) is 8.34. The van der Waals surface area contributed by atoms with Crippen LogP contribution in [0.5, 0.6) is 0 Å². The van der Waals surface area contributed by atoms with Crippen molar-refractivity contribution in [3.63, 3.8) is 0 Å². The third-order valence-electron chi connectivity index (χ3n) is 4.93. The summed E-state index contributed by atoms with van der Waals surface area (Å²) in [5, 5.41) is 4.00. The van der Waals surface area contributed by atoms with E-state index in [1.54, 1.807) is 0 Å². The van der Waals surface area contributed by atoms with Gasteiger partial charge in [0.2, 0.25) is 11.8 Å². The van der Waals surface area contributed by atoms with Crippen LogP contribution in [0.4, 0.5) is 0 Å². The van der Waals surface area contributed by atoms with Gasteiger partial charge in [-0.2, -0.15) is 4.98 Å². The first-order chi connectivity index (χ1) is 12.2. The van der Waals surface area contributed by atoms with E-state index in [0.29, 0.717) is 30.8 Å². The number of ether oxygens (including phenoxy) is 1. The summed E-state index contributed by atoms with van der Waals surface area (Å²) < 4.78 is 10.8. The number of hydrogen-bond acceptors (Lipinski definition) is 6. The van der Waals surface area contributed by atoms with E-state index in [2.05, 4.69) is 27.2 Å². The lowest BCUT2D eigenvalue weighted by atomic mass is 9.93. The minimum absolute atomic E-state index is 0.151. The molecule has 2 aliphatic rings. The van der Waals surface area contributed by atoms with E-state index in [0.717, 1.165) is 45.4 Å². The van der Waals surface area contributed by atoms with Crippen molar-refractivity contribution in [3.05, 3.63) is 23.9 Å². The van der Waals surface area contributed by atoms with E-state index < -0.39 is 0 Å². The van der Waals surface area contributed by atoms with Gasteiger partial charge in [0.25, 0.3) is 0 Å². The monoisotopic (exact) mass is 348 g/mol. The normalized spacial score (nSPS) is 23.0. The van der Waals surface area contributed by atoms with E-state index in [9.17, 15) is 4.79 Å². The van der Waals surface area contributed by atoms with Crippen molar-refractivity contribution in [2.24, 2.45) is 5.92 Å². The van der Waals surface area contributed by atoms with Crippen molar-refractivity contribution in [1.29, 1.82) is 0 Å². The molecule has 1 aliphatic carbocycles. The maximum absolute atomic E-state index is 12.6. The Kier molecular flexibility index (Phi) is 6.20. The van der Waals surface area contributed by atoms with Crippen molar-refractivity contribution < 1.29 is 14.1 Å². The second-order valence-corrected chi connectivity index (χ2v) is 6.73. The lowest BCUT2D eigenvalue weighted by Gasteiger charge is -2.36. The molecule has 25 heavy (non-hydrogen) atoms. The van der Waals surface area contributed by atoms with Gasteiger partial charge < -0.3 is 14.2 Å². The predicted octanol–water partition coefficient (Wildman–Crippen LogP) is 2.17. The Balaban J connectivity index is 1.46. The fourth-order valence-corrected chi connectivity index (χ4v) is 3.42. The van der Waals surface area contributed by atoms with Gasteiger partial charge in [-0.15, -0.1) is 0 Å². The fraction of sp³-hybridized carbons (Fsp3) is 0.722. The SMILES string of the molecule is CCO[C@H](C)c1noc(CN2CCN(C(=O)[C@@H]3CC=CCC3)CC2)n1. The number of piperazine rings is 1. The molecule has 1 fully saturated rings. The molecule has 3 rings (SSSR count). The van der Waals surface area contributed by atoms with Crippen LogP contribution in [0.1, 0.15) is 50.9 Å². The molecule has 7 nitrogen and oxygen atoms in total. The molecule has 0 aromatic carbocycles. The third kappa shape index (κ3) is 4.67. The zero-order chi connectivity index (χ0) is 17.6. The first-order valence-corrected chi connectivity index (χ1v) is 9.27. The van der Waals surface area contributed by atoms with E-state index >= 15 is 0 Å². The number of carbonyl (C=O) groups is 1. The number of allylic oxidation sites excluding steroid dienone is 2. The first-order valence-electron chi connectivity index (χ1n) is 9.27. The number of carbonyl (C=O) groups excluding carboxylic acids is 1. The Morgan fingerprint density at radius 1 is 1.36 bits per heavy atom. The van der Waals surface area contributed by atoms with Crippen molar-refractivity contribution in [2.45, 2.75) is 45.8 Å². The number of aromatic nitrogens is 2. The Hall–Kier alpha value is -1.73. The number of rotatable bonds is 6. The van der Waals surface area contributed by atoms with Crippen LogP contribution in [-0.4, -0.2) is 58.6 Å². The summed E-state index contributed by atoms with van der Waals surface area (Å²) in [6.07, 6.45) is 7.06. The average molecular weight is 348 g/mol. The van der Waals surface area contributed by atoms with E-state index in [4.69, 9.17) is 9.26 Å². The van der Waals surface area contributed by atoms with Crippen LogP contribution in [-0.2, 0) is 16.1 Å². The largest absolute Gasteiger partial charge is 0.371 e. The van der Waals surface area contributed by atoms with Gasteiger partial charge >= 0.3 is 0 Å². The highest BCUT2D eigenvalue weighted by Gasteiger charge is 2.28. The third-order valence-corrected chi connectivity index (χ3v) is 4.93. The van der Waals surface area contributed by atoms with Gasteiger partial charge in [-0.3, -0.25) is 9.69 Å². The van der Waals surface area contributed by atoms with Crippen LogP contribution in [0, 0.1) is 5.92 Å². The standard InChI is InChI=1S/C18H28N4O3/c1-3-24-14(2)17-19-16(25-20-17)13-21-9-11-22(12-10-21)18(23)15-7-5-4-6-8-15/h4-5,14-15H,3,6-13H2,1-2H3/t14-,15-/m1/s1. The number of hydrogen-bond donors (Lipinski definition) is 0. The average Bonchev–Trinajstić information content (AvgIpc) is 3.11. The summed E-state index contributed by atoms with van der Waals surface area (Å²) in [5.74, 6) is 1.69. The van der Waals surface area contributed by atoms with Gasteiger partial charge in [0.15, 0.2) is 5.82 Å². The Morgan fingerprint density at radius 2 is 2.16 bits per heavy atom. The Labute approximate surface area is 149 Å². The molecule has 1 saturated heterocycles. The van der Waals surface area contributed by atoms with Crippen LogP contribution in [0.25, 0.3) is 0 Å². The molecule has 2 heterocycles. The minimum Gasteiger partial charge on any atom is -0.371 e. The zero-order valence-electron chi connectivity index (χ0n) is 15.2. The molecular formula is C18H28N4O3. The molecular weight excluding hydrogens is 320 g/mol. The number of amides is 1. The molecule has 0 saturated carbocycles. The van der Waals surface area contributed by atoms with Gasteiger partial charge in [-0.1, -0.05) is 17.3 Å². The minimum atomic E-state index is -0.151. The molecule has 1 aliphatic heterocycles. The molecule has 1 aromatic rings. The molecule has 0 spiro atoms. The summed E-state index contributed by atoms with van der Waals surface area (Å²) in [5.41, 5.74) is 0. The van der Waals surface area contributed by atoms with Gasteiger partial charge in [-0.05, 0) is 33.1 Å². The van der Waals surface area contributed by atoms with Crippen molar-refractivity contribution in [2.75, 3.05) is 32.8 Å². The predicted molar refractivity (Wildman–Crippen MR) is 92.7 cm³/mol. The maximum atomic E-state index is 12.6. The fourth-order valence-electron chi connectivity index (χ4n) is 3.42. The van der Waals surface area contributed by atoms with E-state index in [1.807, 2.05) is 18.7 Å². The maximum Gasteiger partial charge on any atom is 0.240 e. The van der Waals surface area contributed by atoms with Crippen LogP contribution in [0.2, 0.25) is 0 Å². The smallest absolute Gasteiger partial charge is 0.240 e. The molecule has 138 valence electrons. The topological polar surface area (TPSA) is 71.7 Å². The van der Waals surface area contributed by atoms with Gasteiger partial charge in [0.1, 0.15) is 6.10 Å². The summed E-state index contributed by atoms with van der Waals surface area (Å²) in [4.78, 5) is 21.3. The lowest BCUT2D eigenvalue weighted by Crippen LogP contribution is -2.50. The molecule has 0 radical (unpaired) electrons. The van der Waals surface area contributed by atoms with Crippen molar-refractivity contribution in [1.82, 2.24) is 19.9 Å². The van der Waals surface area contributed by atoms with E-state index in [-0.39, 0.29) is 12.0 Å². The molecule has 1 aromatic heterocycles. The Morgan fingerprint density at radius 3 is 2.84 bits per heavy atom. The number of nitrogens with zero attached hydrogens (tertiary/aromatic N) is 4. The summed E-state index contributed by atoms with van der Waals surface area (Å²) >= 11 is 0. The van der Waals surface area contributed by atoms with Crippen molar-refractivity contribution >= 4 is 5.91 Å². The van der Waals surface area contributed by atoms with Crippen molar-refractivity contribution in [3.8, 4) is 0 Å². The molecule has 7 heteroatoms. The lowest BCUT2D eigenvalue weighted by molar-refractivity contribution is -0.137. The van der Waals surface area contributed by atoms with Crippen LogP contribution >= 0.6 is 0 Å². The molecule has 1 amide bonds. The van der Waals surface area contributed by atoms with E-state index in [1.165, 1.54) is 0 Å². The highest BCUT2D eigenvalue weighted by Crippen LogP contribution is 2.21. The highest BCUT2D eigenvalue weighted by molar-refractivity contribution is 5.79. The van der Waals surface area contributed by atoms with Crippen LogP contribution in [0.15, 0.2) is 16.7 Å². The summed E-state index contributed by atoms with van der Waals surface area (Å²) in [7, 11) is 0. The quantitative estimate of drug-likeness (QED) is 0.734. The summed E-state index contributed by atoms with van der Waals surface area (Å²) in [6, 6.07) is 0. The first kappa shape index (κ1) is 18.1. The van der Waals surface area contributed by atoms with Gasteiger partial charge in [0, 0.05) is 38.7 Å². The zero-order valence-corrected chi connectivity index (χ0v) is 15.2. The van der Waals surface area contributed by atoms with Crippen LogP contribution in [0.3, 0.4) is 0 Å². The second kappa shape index (κ2) is 8.58. The second-order valence-electron chi connectivity index (χ2n) is 6.73. The van der Waals surface area contributed by atoms with Crippen LogP contribution < -0.4 is 0 Å². The Bertz CT molecular complexity index is 593. The molecule has 0 unspecified atom stereocenters. The molecule has 0 N–H and O–H groups in total. The molecule has 0 bridgehead atoms.